The van der Waals surface area contributed by atoms with Crippen molar-refractivity contribution in [1.29, 1.82) is 0 Å². The Morgan fingerprint density at radius 3 is 3.00 bits per heavy atom. The number of aryl methyl sites for hydroxylation is 2. The van der Waals surface area contributed by atoms with E-state index < -0.39 is 0 Å². The molecule has 2 aromatic heterocycles. The summed E-state index contributed by atoms with van der Waals surface area (Å²) in [4.78, 5) is 12.4. The van der Waals surface area contributed by atoms with Crippen molar-refractivity contribution in [1.82, 2.24) is 30.2 Å². The maximum absolute atomic E-state index is 12.4. The molecule has 8 nitrogen and oxygen atoms in total. The molecule has 136 valence electrons. The van der Waals surface area contributed by atoms with Crippen LogP contribution in [0, 0.1) is 0 Å². The molecule has 0 spiro atoms. The van der Waals surface area contributed by atoms with Gasteiger partial charge in [-0.2, -0.15) is 10.2 Å². The van der Waals surface area contributed by atoms with Crippen molar-refractivity contribution in [3.05, 3.63) is 29.2 Å². The average molecular weight is 346 g/mol. The van der Waals surface area contributed by atoms with Crippen molar-refractivity contribution in [3.8, 4) is 5.88 Å². The number of nitrogens with zero attached hydrogens (tertiary/aromatic N) is 4. The number of carbonyl (C=O) groups is 1. The number of methoxy groups -OCH3 is 1. The fourth-order valence-electron chi connectivity index (χ4n) is 3.30. The lowest BCUT2D eigenvalue weighted by molar-refractivity contribution is 0.0944. The van der Waals surface area contributed by atoms with Gasteiger partial charge in [-0.25, -0.2) is 4.68 Å². The molecule has 2 N–H and O–H groups in total. The van der Waals surface area contributed by atoms with Gasteiger partial charge in [0, 0.05) is 19.8 Å². The van der Waals surface area contributed by atoms with E-state index in [0.29, 0.717) is 24.2 Å². The second-order valence-corrected chi connectivity index (χ2v) is 6.28. The van der Waals surface area contributed by atoms with Gasteiger partial charge in [-0.3, -0.25) is 9.48 Å². The van der Waals surface area contributed by atoms with Crippen LogP contribution in [0.15, 0.2) is 12.3 Å². The summed E-state index contributed by atoms with van der Waals surface area (Å²) in [6, 6.07) is 2.09. The quantitative estimate of drug-likeness (QED) is 0.816. The van der Waals surface area contributed by atoms with Gasteiger partial charge < -0.3 is 15.4 Å². The molecular formula is C17H26N6O2. The zero-order valence-electron chi connectivity index (χ0n) is 15.1. The Bertz CT molecular complexity index is 730. The second kappa shape index (κ2) is 7.69. The number of aromatic nitrogens is 4. The molecule has 3 rings (SSSR count). The van der Waals surface area contributed by atoms with Crippen LogP contribution in [0.2, 0.25) is 0 Å². The zero-order chi connectivity index (χ0) is 17.8. The van der Waals surface area contributed by atoms with E-state index in [2.05, 4.69) is 20.8 Å². The van der Waals surface area contributed by atoms with Crippen molar-refractivity contribution < 1.29 is 9.53 Å². The first-order valence-corrected chi connectivity index (χ1v) is 8.76. The highest BCUT2D eigenvalue weighted by molar-refractivity contribution is 5.92. The first-order valence-electron chi connectivity index (χ1n) is 8.76. The third-order valence-corrected chi connectivity index (χ3v) is 4.61. The monoisotopic (exact) mass is 346 g/mol. The van der Waals surface area contributed by atoms with Gasteiger partial charge in [0.25, 0.3) is 5.91 Å². The first-order chi connectivity index (χ1) is 12.1. The molecule has 3 heterocycles. The van der Waals surface area contributed by atoms with Gasteiger partial charge in [0.15, 0.2) is 0 Å². The summed E-state index contributed by atoms with van der Waals surface area (Å²) in [5.41, 5.74) is 2.28. The lowest BCUT2D eigenvalue weighted by atomic mass is 10.1. The number of ether oxygens (including phenoxy) is 1. The van der Waals surface area contributed by atoms with Gasteiger partial charge in [0.1, 0.15) is 5.69 Å². The molecule has 25 heavy (non-hydrogen) atoms. The summed E-state index contributed by atoms with van der Waals surface area (Å²) >= 11 is 0. The Morgan fingerprint density at radius 2 is 2.32 bits per heavy atom. The minimum atomic E-state index is -0.185. The van der Waals surface area contributed by atoms with Gasteiger partial charge >= 0.3 is 0 Å². The van der Waals surface area contributed by atoms with E-state index in [1.54, 1.807) is 17.9 Å². The van der Waals surface area contributed by atoms with Crippen LogP contribution < -0.4 is 15.4 Å². The van der Waals surface area contributed by atoms with Gasteiger partial charge in [0.05, 0.1) is 31.0 Å². The Balaban J connectivity index is 1.66. The van der Waals surface area contributed by atoms with E-state index in [0.717, 1.165) is 43.6 Å². The van der Waals surface area contributed by atoms with Gasteiger partial charge in [-0.1, -0.05) is 6.92 Å². The summed E-state index contributed by atoms with van der Waals surface area (Å²) in [6.45, 7) is 4.36. The highest BCUT2D eigenvalue weighted by atomic mass is 16.5. The van der Waals surface area contributed by atoms with Crippen LogP contribution in [0.4, 0.5) is 0 Å². The van der Waals surface area contributed by atoms with Crippen LogP contribution >= 0.6 is 0 Å². The molecule has 0 aliphatic carbocycles. The lowest BCUT2D eigenvalue weighted by Crippen LogP contribution is -2.32. The molecule has 1 unspecified atom stereocenters. The Morgan fingerprint density at radius 1 is 1.48 bits per heavy atom. The second-order valence-electron chi connectivity index (χ2n) is 6.28. The number of piperidine rings is 1. The fourth-order valence-corrected chi connectivity index (χ4v) is 3.30. The summed E-state index contributed by atoms with van der Waals surface area (Å²) < 4.78 is 8.99. The molecular weight excluding hydrogens is 320 g/mol. The molecule has 1 aliphatic rings. The zero-order valence-corrected chi connectivity index (χ0v) is 15.1. The largest absolute Gasteiger partial charge is 0.481 e. The van der Waals surface area contributed by atoms with E-state index >= 15 is 0 Å². The van der Waals surface area contributed by atoms with Crippen LogP contribution in [0.1, 0.15) is 47.6 Å². The van der Waals surface area contributed by atoms with E-state index in [-0.39, 0.29) is 5.91 Å². The molecule has 0 aromatic carbocycles. The predicted molar refractivity (Wildman–Crippen MR) is 93.7 cm³/mol. The third-order valence-electron chi connectivity index (χ3n) is 4.61. The molecule has 1 saturated heterocycles. The maximum atomic E-state index is 12.4. The molecule has 1 aliphatic heterocycles. The van der Waals surface area contributed by atoms with Crippen LogP contribution in [-0.2, 0) is 20.0 Å². The van der Waals surface area contributed by atoms with E-state index in [1.807, 2.05) is 24.9 Å². The topological polar surface area (TPSA) is 86.0 Å². The third kappa shape index (κ3) is 3.68. The number of amides is 1. The van der Waals surface area contributed by atoms with Crippen LogP contribution in [0.5, 0.6) is 5.88 Å². The molecule has 0 saturated carbocycles. The Labute approximate surface area is 147 Å². The molecule has 0 radical (unpaired) electrons. The van der Waals surface area contributed by atoms with Crippen molar-refractivity contribution in [2.24, 2.45) is 7.05 Å². The van der Waals surface area contributed by atoms with Gasteiger partial charge in [-0.15, -0.1) is 0 Å². The Hall–Kier alpha value is -2.35. The highest BCUT2D eigenvalue weighted by Crippen LogP contribution is 2.22. The molecule has 1 amide bonds. The van der Waals surface area contributed by atoms with Gasteiger partial charge in [-0.05, 0) is 31.9 Å². The standard InChI is InChI=1S/C17H26N6O2/c1-4-14-13(17(25-3)22(2)20-14)11-19-16(24)15-7-9-23(21-15)12-6-5-8-18-10-12/h7,9,12,18H,4-6,8,10-11H2,1-3H3,(H,19,24). The fraction of sp³-hybridized carbons (Fsp3) is 0.588. The number of hydrogen-bond acceptors (Lipinski definition) is 5. The SMILES string of the molecule is CCc1nn(C)c(OC)c1CNC(=O)c1ccn(C2CCCNC2)n1. The number of nitrogens with one attached hydrogen (secondary N) is 2. The van der Waals surface area contributed by atoms with Crippen molar-refractivity contribution in [2.45, 2.75) is 38.8 Å². The van der Waals surface area contributed by atoms with Crippen LogP contribution in [0.3, 0.4) is 0 Å². The predicted octanol–water partition coefficient (Wildman–Crippen LogP) is 1.04. The minimum Gasteiger partial charge on any atom is -0.481 e. The van der Waals surface area contributed by atoms with Crippen molar-refractivity contribution in [3.63, 3.8) is 0 Å². The van der Waals surface area contributed by atoms with Crippen LogP contribution in [-0.4, -0.2) is 45.7 Å². The minimum absolute atomic E-state index is 0.185. The van der Waals surface area contributed by atoms with E-state index in [1.165, 1.54) is 0 Å². The molecule has 2 aromatic rings. The highest BCUT2D eigenvalue weighted by Gasteiger charge is 2.19. The number of hydrogen-bond donors (Lipinski definition) is 2. The van der Waals surface area contributed by atoms with Crippen molar-refractivity contribution in [2.75, 3.05) is 20.2 Å². The van der Waals surface area contributed by atoms with E-state index in [4.69, 9.17) is 4.74 Å². The molecule has 8 heteroatoms. The average Bonchev–Trinajstić information content (AvgIpc) is 3.24. The molecule has 1 atom stereocenters. The van der Waals surface area contributed by atoms with E-state index in [9.17, 15) is 4.79 Å². The molecule has 0 bridgehead atoms. The van der Waals surface area contributed by atoms with Gasteiger partial charge in [0.2, 0.25) is 5.88 Å². The van der Waals surface area contributed by atoms with Crippen molar-refractivity contribution >= 4 is 5.91 Å². The summed E-state index contributed by atoms with van der Waals surface area (Å²) in [7, 11) is 3.45. The smallest absolute Gasteiger partial charge is 0.272 e. The summed E-state index contributed by atoms with van der Waals surface area (Å²) in [5.74, 6) is 0.492. The summed E-state index contributed by atoms with van der Waals surface area (Å²) in [6.07, 6.45) is 4.88. The molecule has 1 fully saturated rings. The number of rotatable bonds is 6. The maximum Gasteiger partial charge on any atom is 0.272 e. The summed E-state index contributed by atoms with van der Waals surface area (Å²) in [5, 5.41) is 15.2. The Kier molecular flexibility index (Phi) is 5.37. The van der Waals surface area contributed by atoms with Crippen LogP contribution in [0.25, 0.3) is 0 Å². The normalized spacial score (nSPS) is 17.5. The lowest BCUT2D eigenvalue weighted by Gasteiger charge is -2.22. The number of carbonyl (C=O) groups excluding carboxylic acids is 1. The first kappa shape index (κ1) is 17.5.